The Hall–Kier alpha value is -5.99. The maximum Gasteiger partial charge on any atom is 0.411 e. The topological polar surface area (TPSA) is 260 Å². The van der Waals surface area contributed by atoms with Crippen LogP contribution in [0.15, 0.2) is 24.3 Å². The van der Waals surface area contributed by atoms with Gasteiger partial charge in [-0.1, -0.05) is 73.9 Å². The number of methoxy groups -OCH3 is 1. The zero-order chi connectivity index (χ0) is 58.1. The number of benzene rings is 1. The Balaban J connectivity index is 1.60. The van der Waals surface area contributed by atoms with Gasteiger partial charge in [-0.25, -0.2) is 9.59 Å². The minimum Gasteiger partial charge on any atom is -0.497 e. The fraction of sp³-hybridized carbons (Fsp3) is 0.737. The summed E-state index contributed by atoms with van der Waals surface area (Å²) < 4.78 is 23.1. The molecule has 78 heavy (non-hydrogen) atoms. The molecular weight excluding hydrogens is 1010 g/mol. The van der Waals surface area contributed by atoms with E-state index in [4.69, 9.17) is 18.9 Å². The fourth-order valence-corrected chi connectivity index (χ4v) is 11.1. The Morgan fingerprint density at radius 1 is 0.872 bits per heavy atom. The number of aliphatic hydroxyl groups excluding tert-OH is 1. The fourth-order valence-electron chi connectivity index (χ4n) is 11.1. The molecule has 4 aliphatic heterocycles. The van der Waals surface area contributed by atoms with E-state index in [2.05, 4.69) is 16.0 Å². The highest BCUT2D eigenvalue weighted by Gasteiger charge is 2.58. The third-order valence-corrected chi connectivity index (χ3v) is 15.5. The molecule has 4 heterocycles. The molecule has 4 saturated heterocycles. The third kappa shape index (κ3) is 15.2. The molecule has 7 amide bonds. The van der Waals surface area contributed by atoms with Crippen LogP contribution in [0.5, 0.6) is 5.75 Å². The number of carbonyl (C=O) groups is 9. The molecule has 0 radical (unpaired) electrons. The summed E-state index contributed by atoms with van der Waals surface area (Å²) in [6, 6.07) is -0.716. The maximum absolute atomic E-state index is 15.1. The standard InChI is InChI=1S/C57H89N7O14/c1-15-35(8)45-43(65)31-44(66)77-47(34(6)7)50(69)58-39(28-32(2)3)51(70)62-25-16-18-40(62)52(71)61(13)42(30-37-19-21-38(75-14)22-20-37)53(72)76-36(9)46(49(68)59-45)60-48(67)41(29-33(4)5)63-27-24-57(54(63)73)23-17-26-64(57)55(74)78-56(10,11)12/h19-22,32-36,39-43,45-47,65H,15-18,23-31H2,1-14H3,(H,58,69)(H,59,68)(H,60,67)/t35-,36+,39-,40-,41+,42-,43-,45-,46-,47-,57+/m0/s1. The van der Waals surface area contributed by atoms with Crippen LogP contribution in [0.3, 0.4) is 0 Å². The van der Waals surface area contributed by atoms with Crippen molar-refractivity contribution in [2.45, 2.75) is 213 Å². The van der Waals surface area contributed by atoms with Gasteiger partial charge in [0.2, 0.25) is 29.5 Å². The molecule has 4 aliphatic rings. The van der Waals surface area contributed by atoms with Crippen LogP contribution in [0.2, 0.25) is 0 Å². The van der Waals surface area contributed by atoms with E-state index >= 15 is 9.59 Å². The van der Waals surface area contributed by atoms with Gasteiger partial charge < -0.3 is 54.7 Å². The van der Waals surface area contributed by atoms with Gasteiger partial charge in [0.05, 0.1) is 25.7 Å². The number of carbonyl (C=O) groups excluding carboxylic acids is 9. The Bertz CT molecular complexity index is 2320. The van der Waals surface area contributed by atoms with E-state index in [-0.39, 0.29) is 63.6 Å². The minimum atomic E-state index is -1.70. The van der Waals surface area contributed by atoms with Crippen LogP contribution in [0, 0.1) is 23.7 Å². The van der Waals surface area contributed by atoms with Crippen LogP contribution in [0.1, 0.15) is 146 Å². The first kappa shape index (κ1) is 62.8. The van der Waals surface area contributed by atoms with Crippen molar-refractivity contribution < 1.29 is 67.2 Å². The van der Waals surface area contributed by atoms with E-state index in [1.807, 2.05) is 34.6 Å². The van der Waals surface area contributed by atoms with E-state index < -0.39 is 137 Å². The van der Waals surface area contributed by atoms with E-state index in [1.54, 1.807) is 65.8 Å². The number of cyclic esters (lactones) is 2. The molecule has 4 N–H and O–H groups in total. The van der Waals surface area contributed by atoms with Crippen molar-refractivity contribution >= 4 is 53.5 Å². The van der Waals surface area contributed by atoms with Crippen LogP contribution >= 0.6 is 0 Å². The van der Waals surface area contributed by atoms with Crippen molar-refractivity contribution in [2.24, 2.45) is 23.7 Å². The Labute approximate surface area is 460 Å². The number of hydrogen-bond acceptors (Lipinski definition) is 14. The number of amides is 7. The van der Waals surface area contributed by atoms with Gasteiger partial charge in [0.1, 0.15) is 53.2 Å². The molecule has 1 aromatic rings. The number of likely N-dealkylation sites (tertiary alicyclic amines) is 2. The van der Waals surface area contributed by atoms with Crippen LogP contribution < -0.4 is 20.7 Å². The summed E-state index contributed by atoms with van der Waals surface area (Å²) in [6.07, 6.45) is -3.34. The number of esters is 2. The van der Waals surface area contributed by atoms with Crippen molar-refractivity contribution in [2.75, 3.05) is 33.8 Å². The zero-order valence-electron chi connectivity index (χ0n) is 48.6. The lowest BCUT2D eigenvalue weighted by atomic mass is 9.92. The lowest BCUT2D eigenvalue weighted by Crippen LogP contribution is -2.62. The third-order valence-electron chi connectivity index (χ3n) is 15.5. The second kappa shape index (κ2) is 26.8. The first-order valence-electron chi connectivity index (χ1n) is 28.0. The summed E-state index contributed by atoms with van der Waals surface area (Å²) in [6.45, 7) is 21.6. The van der Waals surface area contributed by atoms with Gasteiger partial charge in [0.15, 0.2) is 6.10 Å². The molecule has 436 valence electrons. The molecule has 0 unspecified atom stereocenters. The molecule has 1 spiro atoms. The zero-order valence-corrected chi connectivity index (χ0v) is 48.6. The molecular formula is C57H89N7O14. The van der Waals surface area contributed by atoms with Gasteiger partial charge in [0, 0.05) is 33.1 Å². The van der Waals surface area contributed by atoms with Crippen LogP contribution in [-0.2, 0) is 59.0 Å². The second-order valence-corrected chi connectivity index (χ2v) is 24.0. The van der Waals surface area contributed by atoms with Crippen molar-refractivity contribution in [3.05, 3.63) is 29.8 Å². The number of rotatable bonds is 13. The van der Waals surface area contributed by atoms with Gasteiger partial charge in [-0.15, -0.1) is 0 Å². The van der Waals surface area contributed by atoms with E-state index in [9.17, 15) is 38.7 Å². The molecule has 0 saturated carbocycles. The Kier molecular flexibility index (Phi) is 21.6. The highest BCUT2D eigenvalue weighted by molar-refractivity contribution is 5.98. The molecule has 11 atom stereocenters. The lowest BCUT2D eigenvalue weighted by Gasteiger charge is -2.37. The SMILES string of the molecule is CC[C@H](C)[C@@H]1NC(=O)[C@@H](NC(=O)[C@@H](CC(C)C)N2CC[C@]3(CCCN3C(=O)OC(C)(C)C)C2=O)[C@@H](C)OC(=O)[C@H](Cc2ccc(OC)cc2)N(C)C(=O)[C@@H]2CCCN2C(=O)[C@H](CC(C)C)NC(=O)[C@H](C(C)C)OC(=O)C[C@@H]1O. The predicted molar refractivity (Wildman–Crippen MR) is 288 cm³/mol. The number of hydrogen-bond donors (Lipinski definition) is 4. The van der Waals surface area contributed by atoms with Gasteiger partial charge in [0.25, 0.3) is 5.91 Å². The second-order valence-electron chi connectivity index (χ2n) is 24.0. The monoisotopic (exact) mass is 1100 g/mol. The minimum absolute atomic E-state index is 0.0871. The van der Waals surface area contributed by atoms with Crippen molar-refractivity contribution in [1.29, 1.82) is 0 Å². The van der Waals surface area contributed by atoms with E-state index in [1.165, 1.54) is 40.7 Å². The summed E-state index contributed by atoms with van der Waals surface area (Å²) in [4.78, 5) is 136. The maximum atomic E-state index is 15.1. The quantitative estimate of drug-likeness (QED) is 0.159. The number of fused-ring (bicyclic) bond motifs is 1. The van der Waals surface area contributed by atoms with Gasteiger partial charge in [-0.05, 0) is 114 Å². The Morgan fingerprint density at radius 3 is 2.13 bits per heavy atom. The molecule has 21 heteroatoms. The molecule has 0 aliphatic carbocycles. The van der Waals surface area contributed by atoms with Gasteiger partial charge in [-0.2, -0.15) is 0 Å². The number of nitrogens with zero attached hydrogens (tertiary/aromatic N) is 4. The van der Waals surface area contributed by atoms with Crippen molar-refractivity contribution in [3.8, 4) is 5.75 Å². The van der Waals surface area contributed by atoms with E-state index in [0.717, 1.165) is 0 Å². The molecule has 5 rings (SSSR count). The van der Waals surface area contributed by atoms with Crippen LogP contribution in [0.25, 0.3) is 0 Å². The summed E-state index contributed by atoms with van der Waals surface area (Å²) in [5, 5.41) is 20.3. The predicted octanol–water partition coefficient (Wildman–Crippen LogP) is 4.28. The summed E-state index contributed by atoms with van der Waals surface area (Å²) >= 11 is 0. The first-order valence-corrected chi connectivity index (χ1v) is 28.0. The largest absolute Gasteiger partial charge is 0.497 e. The number of aliphatic hydroxyl groups is 1. The summed E-state index contributed by atoms with van der Waals surface area (Å²) in [5.41, 5.74) is -1.48. The van der Waals surface area contributed by atoms with Crippen LogP contribution in [0.4, 0.5) is 4.79 Å². The van der Waals surface area contributed by atoms with E-state index in [0.29, 0.717) is 37.0 Å². The highest BCUT2D eigenvalue weighted by Crippen LogP contribution is 2.41. The molecule has 1 aromatic carbocycles. The van der Waals surface area contributed by atoms with Crippen molar-refractivity contribution in [1.82, 2.24) is 35.6 Å². The Morgan fingerprint density at radius 2 is 1.54 bits per heavy atom. The summed E-state index contributed by atoms with van der Waals surface area (Å²) in [5.74, 6) is -6.66. The van der Waals surface area contributed by atoms with Crippen LogP contribution in [-0.4, -0.2) is 178 Å². The average molecular weight is 1100 g/mol. The number of likely N-dealkylation sites (N-methyl/N-ethyl adjacent to an activating group) is 1. The smallest absolute Gasteiger partial charge is 0.411 e. The van der Waals surface area contributed by atoms with Crippen molar-refractivity contribution in [3.63, 3.8) is 0 Å². The average Bonchev–Trinajstić information content (AvgIpc) is 4.22. The normalized spacial score (nSPS) is 28.3. The first-order chi connectivity index (χ1) is 36.5. The molecule has 21 nitrogen and oxygen atoms in total. The number of ether oxygens (including phenoxy) is 4. The lowest BCUT2D eigenvalue weighted by molar-refractivity contribution is -0.162. The molecule has 0 aromatic heterocycles. The number of nitrogens with one attached hydrogen (secondary N) is 3. The molecule has 0 bridgehead atoms. The highest BCUT2D eigenvalue weighted by atomic mass is 16.6. The van der Waals surface area contributed by atoms with Gasteiger partial charge >= 0.3 is 18.0 Å². The molecule has 4 fully saturated rings. The van der Waals surface area contributed by atoms with Gasteiger partial charge in [-0.3, -0.25) is 38.5 Å². The summed E-state index contributed by atoms with van der Waals surface area (Å²) in [7, 11) is 2.94.